The predicted molar refractivity (Wildman–Crippen MR) is 88.2 cm³/mol. The van der Waals surface area contributed by atoms with E-state index in [9.17, 15) is 22.8 Å². The highest BCUT2D eigenvalue weighted by molar-refractivity contribution is 5.97. The maximum absolute atomic E-state index is 12.5. The van der Waals surface area contributed by atoms with Crippen molar-refractivity contribution in [3.8, 4) is 0 Å². The SMILES string of the molecule is CCNC(=O)c1cccc(NC(=O)Cc2ccc(C(F)(F)F)cc2)c1. The molecule has 0 aliphatic carbocycles. The fourth-order valence-corrected chi connectivity index (χ4v) is 2.20. The third-order valence-corrected chi connectivity index (χ3v) is 3.39. The number of hydrogen-bond donors (Lipinski definition) is 2. The van der Waals surface area contributed by atoms with Gasteiger partial charge in [0.2, 0.25) is 5.91 Å². The van der Waals surface area contributed by atoms with Crippen molar-refractivity contribution in [3.63, 3.8) is 0 Å². The van der Waals surface area contributed by atoms with Gasteiger partial charge in [-0.3, -0.25) is 9.59 Å². The molecule has 2 N–H and O–H groups in total. The average Bonchev–Trinajstić information content (AvgIpc) is 2.55. The molecule has 0 unspecified atom stereocenters. The van der Waals surface area contributed by atoms with Gasteiger partial charge in [0.25, 0.3) is 5.91 Å². The zero-order valence-electron chi connectivity index (χ0n) is 13.5. The van der Waals surface area contributed by atoms with Crippen LogP contribution < -0.4 is 10.6 Å². The first-order chi connectivity index (χ1) is 11.8. The lowest BCUT2D eigenvalue weighted by Gasteiger charge is -2.09. The number of amides is 2. The molecular weight excluding hydrogens is 333 g/mol. The molecule has 0 saturated heterocycles. The molecule has 4 nitrogen and oxygen atoms in total. The van der Waals surface area contributed by atoms with Gasteiger partial charge in [-0.1, -0.05) is 18.2 Å². The van der Waals surface area contributed by atoms with Crippen LogP contribution in [0.15, 0.2) is 48.5 Å². The second kappa shape index (κ2) is 7.83. The summed E-state index contributed by atoms with van der Waals surface area (Å²) in [6.45, 7) is 2.29. The average molecular weight is 350 g/mol. The van der Waals surface area contributed by atoms with E-state index in [1.165, 1.54) is 18.2 Å². The van der Waals surface area contributed by atoms with Crippen LogP contribution in [0.25, 0.3) is 0 Å². The number of alkyl halides is 3. The fraction of sp³-hybridized carbons (Fsp3) is 0.222. The highest BCUT2D eigenvalue weighted by Crippen LogP contribution is 2.29. The lowest BCUT2D eigenvalue weighted by molar-refractivity contribution is -0.137. The van der Waals surface area contributed by atoms with E-state index in [0.717, 1.165) is 12.1 Å². The molecule has 2 aromatic carbocycles. The van der Waals surface area contributed by atoms with E-state index >= 15 is 0 Å². The van der Waals surface area contributed by atoms with Crippen LogP contribution in [0.2, 0.25) is 0 Å². The van der Waals surface area contributed by atoms with E-state index < -0.39 is 11.7 Å². The van der Waals surface area contributed by atoms with Gasteiger partial charge in [0.15, 0.2) is 0 Å². The molecule has 0 spiro atoms. The van der Waals surface area contributed by atoms with Crippen molar-refractivity contribution in [2.75, 3.05) is 11.9 Å². The normalized spacial score (nSPS) is 11.0. The maximum Gasteiger partial charge on any atom is 0.416 e. The Labute approximate surface area is 143 Å². The van der Waals surface area contributed by atoms with Crippen molar-refractivity contribution in [2.45, 2.75) is 19.5 Å². The van der Waals surface area contributed by atoms with Crippen LogP contribution in [0, 0.1) is 0 Å². The molecule has 0 aliphatic rings. The molecule has 25 heavy (non-hydrogen) atoms. The van der Waals surface area contributed by atoms with E-state index in [0.29, 0.717) is 23.4 Å². The van der Waals surface area contributed by atoms with Crippen molar-refractivity contribution in [1.82, 2.24) is 5.32 Å². The highest BCUT2D eigenvalue weighted by Gasteiger charge is 2.29. The summed E-state index contributed by atoms with van der Waals surface area (Å²) in [5.74, 6) is -0.630. The molecule has 7 heteroatoms. The van der Waals surface area contributed by atoms with Crippen LogP contribution in [0.5, 0.6) is 0 Å². The largest absolute Gasteiger partial charge is 0.416 e. The maximum atomic E-state index is 12.5. The molecule has 0 aliphatic heterocycles. The molecule has 0 saturated carbocycles. The van der Waals surface area contributed by atoms with E-state index in [1.807, 2.05) is 0 Å². The summed E-state index contributed by atoms with van der Waals surface area (Å²) in [5, 5.41) is 5.29. The zero-order valence-corrected chi connectivity index (χ0v) is 13.5. The van der Waals surface area contributed by atoms with Crippen LogP contribution in [-0.2, 0) is 17.4 Å². The Bertz CT molecular complexity index is 756. The molecule has 0 fully saturated rings. The third-order valence-electron chi connectivity index (χ3n) is 3.39. The summed E-state index contributed by atoms with van der Waals surface area (Å²) in [4.78, 5) is 23.8. The van der Waals surface area contributed by atoms with Gasteiger partial charge in [0, 0.05) is 17.8 Å². The van der Waals surface area contributed by atoms with Gasteiger partial charge in [0.1, 0.15) is 0 Å². The monoisotopic (exact) mass is 350 g/mol. The Morgan fingerprint density at radius 3 is 2.32 bits per heavy atom. The fourth-order valence-electron chi connectivity index (χ4n) is 2.20. The quantitative estimate of drug-likeness (QED) is 0.865. The minimum atomic E-state index is -4.40. The van der Waals surface area contributed by atoms with Crippen molar-refractivity contribution in [2.24, 2.45) is 0 Å². The zero-order chi connectivity index (χ0) is 18.4. The summed E-state index contributed by atoms with van der Waals surface area (Å²) < 4.78 is 37.5. The van der Waals surface area contributed by atoms with E-state index in [-0.39, 0.29) is 18.2 Å². The smallest absolute Gasteiger partial charge is 0.352 e. The Morgan fingerprint density at radius 2 is 1.72 bits per heavy atom. The summed E-state index contributed by atoms with van der Waals surface area (Å²) in [6, 6.07) is 10.9. The van der Waals surface area contributed by atoms with Crippen LogP contribution in [0.3, 0.4) is 0 Å². The predicted octanol–water partition coefficient (Wildman–Crippen LogP) is 3.64. The first-order valence-corrected chi connectivity index (χ1v) is 7.64. The Morgan fingerprint density at radius 1 is 1.04 bits per heavy atom. The molecule has 2 rings (SSSR count). The molecule has 0 radical (unpaired) electrons. The number of nitrogens with one attached hydrogen (secondary N) is 2. The molecule has 0 atom stereocenters. The first-order valence-electron chi connectivity index (χ1n) is 7.64. The van der Waals surface area contributed by atoms with Gasteiger partial charge in [-0.2, -0.15) is 13.2 Å². The van der Waals surface area contributed by atoms with Crippen molar-refractivity contribution in [3.05, 3.63) is 65.2 Å². The van der Waals surface area contributed by atoms with Crippen LogP contribution in [0.4, 0.5) is 18.9 Å². The van der Waals surface area contributed by atoms with Gasteiger partial charge in [-0.25, -0.2) is 0 Å². The topological polar surface area (TPSA) is 58.2 Å². The van der Waals surface area contributed by atoms with Gasteiger partial charge in [0.05, 0.1) is 12.0 Å². The highest BCUT2D eigenvalue weighted by atomic mass is 19.4. The molecule has 132 valence electrons. The Balaban J connectivity index is 2.00. The Kier molecular flexibility index (Phi) is 5.80. The number of benzene rings is 2. The van der Waals surface area contributed by atoms with E-state index in [1.54, 1.807) is 25.1 Å². The molecule has 2 aromatic rings. The van der Waals surface area contributed by atoms with Crippen LogP contribution in [-0.4, -0.2) is 18.4 Å². The van der Waals surface area contributed by atoms with Crippen molar-refractivity contribution >= 4 is 17.5 Å². The summed E-state index contributed by atoms with van der Waals surface area (Å²) in [5.41, 5.74) is 0.562. The van der Waals surface area contributed by atoms with Crippen molar-refractivity contribution < 1.29 is 22.8 Å². The standard InChI is InChI=1S/C18H17F3N2O2/c1-2-22-17(25)13-4-3-5-15(11-13)23-16(24)10-12-6-8-14(9-7-12)18(19,20)21/h3-9,11H,2,10H2,1H3,(H,22,25)(H,23,24). The second-order valence-corrected chi connectivity index (χ2v) is 5.36. The minimum Gasteiger partial charge on any atom is -0.352 e. The second-order valence-electron chi connectivity index (χ2n) is 5.36. The van der Waals surface area contributed by atoms with E-state index in [2.05, 4.69) is 10.6 Å². The number of carbonyl (C=O) groups excluding carboxylic acids is 2. The van der Waals surface area contributed by atoms with Gasteiger partial charge in [-0.15, -0.1) is 0 Å². The third kappa shape index (κ3) is 5.34. The number of anilines is 1. The summed E-state index contributed by atoms with van der Waals surface area (Å²) in [6.07, 6.45) is -4.47. The lowest BCUT2D eigenvalue weighted by Crippen LogP contribution is -2.23. The number of hydrogen-bond acceptors (Lipinski definition) is 2. The van der Waals surface area contributed by atoms with Crippen LogP contribution >= 0.6 is 0 Å². The molecule has 0 heterocycles. The molecular formula is C18H17F3N2O2. The molecule has 2 amide bonds. The Hall–Kier alpha value is -2.83. The molecule has 0 aromatic heterocycles. The minimum absolute atomic E-state index is 0.0660. The van der Waals surface area contributed by atoms with Gasteiger partial charge < -0.3 is 10.6 Å². The van der Waals surface area contributed by atoms with Gasteiger partial charge >= 0.3 is 6.18 Å². The summed E-state index contributed by atoms with van der Waals surface area (Å²) >= 11 is 0. The lowest BCUT2D eigenvalue weighted by atomic mass is 10.1. The van der Waals surface area contributed by atoms with Crippen LogP contribution in [0.1, 0.15) is 28.4 Å². The van der Waals surface area contributed by atoms with Crippen molar-refractivity contribution in [1.29, 1.82) is 0 Å². The number of halogens is 3. The number of rotatable bonds is 5. The van der Waals surface area contributed by atoms with Gasteiger partial charge in [-0.05, 0) is 42.8 Å². The molecule has 0 bridgehead atoms. The first kappa shape index (κ1) is 18.5. The summed E-state index contributed by atoms with van der Waals surface area (Å²) in [7, 11) is 0. The number of carbonyl (C=O) groups is 2. The van der Waals surface area contributed by atoms with E-state index in [4.69, 9.17) is 0 Å².